The van der Waals surface area contributed by atoms with E-state index in [1.807, 2.05) is 6.92 Å². The Morgan fingerprint density at radius 1 is 1.29 bits per heavy atom. The van der Waals surface area contributed by atoms with Gasteiger partial charge in [0.25, 0.3) is 0 Å². The quantitative estimate of drug-likeness (QED) is 0.865. The summed E-state index contributed by atoms with van der Waals surface area (Å²) >= 11 is 0. The Labute approximate surface area is 124 Å². The highest BCUT2D eigenvalue weighted by Gasteiger charge is 2.36. The van der Waals surface area contributed by atoms with Crippen LogP contribution in [0.4, 0.5) is 13.2 Å². The largest absolute Gasteiger partial charge is 0.416 e. The summed E-state index contributed by atoms with van der Waals surface area (Å²) in [5.74, 6) is 0.608. The van der Waals surface area contributed by atoms with Crippen LogP contribution in [-0.4, -0.2) is 24.5 Å². The van der Waals surface area contributed by atoms with E-state index in [4.69, 9.17) is 5.73 Å². The molecule has 0 bridgehead atoms. The Kier molecular flexibility index (Phi) is 5.27. The molecule has 21 heavy (non-hydrogen) atoms. The third kappa shape index (κ3) is 3.77. The fraction of sp³-hybridized carbons (Fsp3) is 0.625. The van der Waals surface area contributed by atoms with Gasteiger partial charge in [0.1, 0.15) is 0 Å². The first-order chi connectivity index (χ1) is 9.97. The molecule has 1 aromatic carbocycles. The highest BCUT2D eigenvalue weighted by atomic mass is 19.4. The number of nitrogens with zero attached hydrogens (tertiary/aromatic N) is 1. The fourth-order valence-electron chi connectivity index (χ4n) is 3.00. The monoisotopic (exact) mass is 300 g/mol. The van der Waals surface area contributed by atoms with Crippen LogP contribution in [0.25, 0.3) is 0 Å². The molecule has 0 aliphatic heterocycles. The average molecular weight is 300 g/mol. The predicted octanol–water partition coefficient (Wildman–Crippen LogP) is 3.83. The van der Waals surface area contributed by atoms with Crippen LogP contribution in [0.1, 0.15) is 43.4 Å². The van der Waals surface area contributed by atoms with Gasteiger partial charge in [-0.15, -0.1) is 0 Å². The Bertz CT molecular complexity index is 455. The minimum Gasteiger partial charge on any atom is -0.329 e. The summed E-state index contributed by atoms with van der Waals surface area (Å²) in [5.41, 5.74) is 5.56. The van der Waals surface area contributed by atoms with E-state index in [-0.39, 0.29) is 12.6 Å². The number of rotatable bonds is 6. The van der Waals surface area contributed by atoms with Crippen molar-refractivity contribution in [2.75, 3.05) is 19.6 Å². The van der Waals surface area contributed by atoms with Crippen molar-refractivity contribution in [3.8, 4) is 0 Å². The second-order valence-corrected chi connectivity index (χ2v) is 5.72. The smallest absolute Gasteiger partial charge is 0.329 e. The molecule has 118 valence electrons. The number of nitrogens with two attached hydrogens (primary N) is 1. The average Bonchev–Trinajstić information content (AvgIpc) is 2.40. The highest BCUT2D eigenvalue weighted by Crippen LogP contribution is 2.37. The summed E-state index contributed by atoms with van der Waals surface area (Å²) in [7, 11) is 0. The van der Waals surface area contributed by atoms with Crippen LogP contribution in [-0.2, 0) is 6.18 Å². The number of alkyl halides is 3. The van der Waals surface area contributed by atoms with Gasteiger partial charge >= 0.3 is 6.18 Å². The Balaban J connectivity index is 2.26. The maximum atomic E-state index is 13.2. The molecule has 0 spiro atoms. The number of hydrogen-bond acceptors (Lipinski definition) is 2. The Morgan fingerprint density at radius 3 is 2.43 bits per heavy atom. The summed E-state index contributed by atoms with van der Waals surface area (Å²) in [5, 5.41) is 0. The zero-order valence-electron chi connectivity index (χ0n) is 12.4. The van der Waals surface area contributed by atoms with Gasteiger partial charge in [0.05, 0.1) is 5.56 Å². The van der Waals surface area contributed by atoms with Gasteiger partial charge < -0.3 is 5.73 Å². The second kappa shape index (κ2) is 6.79. The summed E-state index contributed by atoms with van der Waals surface area (Å²) < 4.78 is 39.6. The summed E-state index contributed by atoms with van der Waals surface area (Å²) in [4.78, 5) is 2.09. The number of hydrogen-bond donors (Lipinski definition) is 1. The molecule has 1 unspecified atom stereocenters. The van der Waals surface area contributed by atoms with Gasteiger partial charge in [-0.05, 0) is 36.9 Å². The summed E-state index contributed by atoms with van der Waals surface area (Å²) in [6, 6.07) is 5.43. The molecule has 1 aromatic rings. The SMILES string of the molecule is CCN(CC1CCC1)C(CN)c1ccccc1C(F)(F)F. The molecule has 1 aliphatic rings. The fourth-order valence-corrected chi connectivity index (χ4v) is 3.00. The number of benzene rings is 1. The molecule has 1 atom stereocenters. The first-order valence-electron chi connectivity index (χ1n) is 7.57. The lowest BCUT2D eigenvalue weighted by molar-refractivity contribution is -0.138. The van der Waals surface area contributed by atoms with E-state index in [1.54, 1.807) is 12.1 Å². The highest BCUT2D eigenvalue weighted by molar-refractivity contribution is 5.32. The second-order valence-electron chi connectivity index (χ2n) is 5.72. The van der Waals surface area contributed by atoms with E-state index in [0.29, 0.717) is 18.0 Å². The van der Waals surface area contributed by atoms with Crippen LogP contribution in [0.3, 0.4) is 0 Å². The van der Waals surface area contributed by atoms with E-state index in [2.05, 4.69) is 4.90 Å². The lowest BCUT2D eigenvalue weighted by atomic mass is 9.84. The van der Waals surface area contributed by atoms with E-state index in [0.717, 1.165) is 12.6 Å². The van der Waals surface area contributed by atoms with Crippen LogP contribution in [0.15, 0.2) is 24.3 Å². The number of likely N-dealkylation sites (N-methyl/N-ethyl adjacent to an activating group) is 1. The first-order valence-corrected chi connectivity index (χ1v) is 7.57. The van der Waals surface area contributed by atoms with Crippen molar-refractivity contribution in [1.29, 1.82) is 0 Å². The molecule has 2 rings (SSSR count). The molecule has 2 N–H and O–H groups in total. The maximum absolute atomic E-state index is 13.2. The lowest BCUT2D eigenvalue weighted by Crippen LogP contribution is -2.39. The van der Waals surface area contributed by atoms with Crippen LogP contribution < -0.4 is 5.73 Å². The summed E-state index contributed by atoms with van der Waals surface area (Å²) in [6.45, 7) is 3.74. The third-order valence-corrected chi connectivity index (χ3v) is 4.41. The standard InChI is InChI=1S/C16H23F3N2/c1-2-21(11-12-6-5-7-12)15(10-20)13-8-3-4-9-14(13)16(17,18)19/h3-4,8-9,12,15H,2,5-7,10-11,20H2,1H3. The van der Waals surface area contributed by atoms with Crippen LogP contribution >= 0.6 is 0 Å². The van der Waals surface area contributed by atoms with Crippen LogP contribution in [0, 0.1) is 5.92 Å². The van der Waals surface area contributed by atoms with E-state index < -0.39 is 11.7 Å². The minimum absolute atomic E-state index is 0.202. The van der Waals surface area contributed by atoms with Crippen molar-refractivity contribution in [3.05, 3.63) is 35.4 Å². The Morgan fingerprint density at radius 2 is 1.95 bits per heavy atom. The van der Waals surface area contributed by atoms with Crippen molar-refractivity contribution >= 4 is 0 Å². The first kappa shape index (κ1) is 16.3. The van der Waals surface area contributed by atoms with E-state index in [9.17, 15) is 13.2 Å². The topological polar surface area (TPSA) is 29.3 Å². The van der Waals surface area contributed by atoms with Gasteiger partial charge in [-0.1, -0.05) is 31.5 Å². The molecule has 1 aliphatic carbocycles. The molecule has 1 fully saturated rings. The molecular weight excluding hydrogens is 277 g/mol. The predicted molar refractivity (Wildman–Crippen MR) is 77.8 cm³/mol. The van der Waals surface area contributed by atoms with E-state index >= 15 is 0 Å². The van der Waals surface area contributed by atoms with Gasteiger partial charge in [-0.2, -0.15) is 13.2 Å². The Hall–Kier alpha value is -1.07. The molecule has 0 heterocycles. The molecular formula is C16H23F3N2. The molecule has 0 radical (unpaired) electrons. The number of halogens is 3. The van der Waals surface area contributed by atoms with Crippen LogP contribution in [0.5, 0.6) is 0 Å². The molecule has 5 heteroatoms. The normalized spacial score (nSPS) is 17.8. The third-order valence-electron chi connectivity index (χ3n) is 4.41. The van der Waals surface area contributed by atoms with Gasteiger partial charge in [0.15, 0.2) is 0 Å². The van der Waals surface area contributed by atoms with Gasteiger partial charge in [0, 0.05) is 19.1 Å². The van der Waals surface area contributed by atoms with E-state index in [1.165, 1.54) is 25.3 Å². The molecule has 0 saturated heterocycles. The van der Waals surface area contributed by atoms with Crippen molar-refractivity contribution in [2.24, 2.45) is 11.7 Å². The van der Waals surface area contributed by atoms with Crippen LogP contribution in [0.2, 0.25) is 0 Å². The maximum Gasteiger partial charge on any atom is 0.416 e. The van der Waals surface area contributed by atoms with Crippen molar-refractivity contribution in [2.45, 2.75) is 38.4 Å². The van der Waals surface area contributed by atoms with Gasteiger partial charge in [-0.3, -0.25) is 4.90 Å². The minimum atomic E-state index is -4.33. The van der Waals surface area contributed by atoms with Crippen molar-refractivity contribution in [3.63, 3.8) is 0 Å². The molecule has 0 amide bonds. The van der Waals surface area contributed by atoms with Crippen molar-refractivity contribution in [1.82, 2.24) is 4.90 Å². The van der Waals surface area contributed by atoms with Gasteiger partial charge in [-0.25, -0.2) is 0 Å². The van der Waals surface area contributed by atoms with Crippen molar-refractivity contribution < 1.29 is 13.2 Å². The lowest BCUT2D eigenvalue weighted by Gasteiger charge is -2.37. The molecule has 1 saturated carbocycles. The van der Waals surface area contributed by atoms with Gasteiger partial charge in [0.2, 0.25) is 0 Å². The summed E-state index contributed by atoms with van der Waals surface area (Å²) in [6.07, 6.45) is -0.752. The molecule has 0 aromatic heterocycles. The zero-order valence-corrected chi connectivity index (χ0v) is 12.4. The zero-order chi connectivity index (χ0) is 15.5. The molecule has 2 nitrogen and oxygen atoms in total.